The van der Waals surface area contributed by atoms with Gasteiger partial charge in [0.1, 0.15) is 0 Å². The van der Waals surface area contributed by atoms with Crippen LogP contribution in [-0.2, 0) is 0 Å². The van der Waals surface area contributed by atoms with Gasteiger partial charge in [-0.1, -0.05) is 26.0 Å². The van der Waals surface area contributed by atoms with Crippen molar-refractivity contribution in [1.29, 1.82) is 0 Å². The highest BCUT2D eigenvalue weighted by atomic mass is 16.6. The van der Waals surface area contributed by atoms with Gasteiger partial charge in [0.15, 0.2) is 0 Å². The number of hydrogen-bond donors (Lipinski definition) is 0. The molecule has 0 saturated carbocycles. The Hall–Kier alpha value is -0.860. The van der Waals surface area contributed by atoms with Crippen LogP contribution >= 0.6 is 0 Å². The molecule has 0 aromatic carbocycles. The van der Waals surface area contributed by atoms with Crippen LogP contribution in [0.15, 0.2) is 12.2 Å². The largest absolute Gasteiger partial charge is 0.264 e. The third-order valence-corrected chi connectivity index (χ3v) is 1.60. The maximum absolute atomic E-state index is 10.4. The number of nitrogens with zero attached hydrogens (tertiary/aromatic N) is 1. The summed E-state index contributed by atoms with van der Waals surface area (Å²) < 4.78 is 0. The van der Waals surface area contributed by atoms with Crippen molar-refractivity contribution in [2.75, 3.05) is 0 Å². The summed E-state index contributed by atoms with van der Waals surface area (Å²) in [6, 6.07) is -0.465. The van der Waals surface area contributed by atoms with Crippen molar-refractivity contribution >= 4 is 0 Å². The van der Waals surface area contributed by atoms with Gasteiger partial charge in [-0.25, -0.2) is 0 Å². The molecule has 64 valence electrons. The molecule has 11 heavy (non-hydrogen) atoms. The summed E-state index contributed by atoms with van der Waals surface area (Å²) in [4.78, 5) is 10.2. The highest BCUT2D eigenvalue weighted by Crippen LogP contribution is 2.13. The second-order valence-electron chi connectivity index (χ2n) is 3.26. The minimum atomic E-state index is -0.465. The zero-order chi connectivity index (χ0) is 9.02. The topological polar surface area (TPSA) is 43.1 Å². The first-order valence-corrected chi connectivity index (χ1v) is 3.73. The van der Waals surface area contributed by atoms with E-state index in [2.05, 4.69) is 6.58 Å². The van der Waals surface area contributed by atoms with E-state index < -0.39 is 6.04 Å². The third kappa shape index (κ3) is 3.75. The molecule has 0 aliphatic rings. The van der Waals surface area contributed by atoms with Gasteiger partial charge in [0.2, 0.25) is 6.04 Å². The Morgan fingerprint density at radius 3 is 2.18 bits per heavy atom. The summed E-state index contributed by atoms with van der Waals surface area (Å²) in [5.41, 5.74) is 0.875. The smallest absolute Gasteiger partial charge is 0.219 e. The second-order valence-corrected chi connectivity index (χ2v) is 3.26. The van der Waals surface area contributed by atoms with E-state index in [1.165, 1.54) is 0 Å². The van der Waals surface area contributed by atoms with Gasteiger partial charge in [-0.2, -0.15) is 0 Å². The van der Waals surface area contributed by atoms with Crippen molar-refractivity contribution in [2.45, 2.75) is 33.2 Å². The van der Waals surface area contributed by atoms with Crippen molar-refractivity contribution in [3.63, 3.8) is 0 Å². The monoisotopic (exact) mass is 157 g/mol. The van der Waals surface area contributed by atoms with E-state index in [9.17, 15) is 10.1 Å². The molecular formula is C8H15NO2. The van der Waals surface area contributed by atoms with E-state index in [0.717, 1.165) is 5.57 Å². The highest BCUT2D eigenvalue weighted by molar-refractivity contribution is 4.91. The van der Waals surface area contributed by atoms with E-state index >= 15 is 0 Å². The first kappa shape index (κ1) is 10.1. The summed E-state index contributed by atoms with van der Waals surface area (Å²) >= 11 is 0. The second kappa shape index (κ2) is 4.11. The lowest BCUT2D eigenvalue weighted by atomic mass is 9.99. The summed E-state index contributed by atoms with van der Waals surface area (Å²) in [6.07, 6.45) is 0.491. The van der Waals surface area contributed by atoms with E-state index in [-0.39, 0.29) is 10.8 Å². The molecule has 0 fully saturated rings. The van der Waals surface area contributed by atoms with Crippen LogP contribution in [-0.4, -0.2) is 11.0 Å². The Bertz CT molecular complexity index is 163. The van der Waals surface area contributed by atoms with Gasteiger partial charge in [0.25, 0.3) is 0 Å². The van der Waals surface area contributed by atoms with Gasteiger partial charge in [0, 0.05) is 17.3 Å². The molecule has 1 unspecified atom stereocenters. The molecule has 0 spiro atoms. The quantitative estimate of drug-likeness (QED) is 0.357. The number of rotatable bonds is 4. The molecule has 0 N–H and O–H groups in total. The van der Waals surface area contributed by atoms with Crippen LogP contribution in [0.1, 0.15) is 27.2 Å². The van der Waals surface area contributed by atoms with E-state index in [1.54, 1.807) is 0 Å². The highest BCUT2D eigenvalue weighted by Gasteiger charge is 2.23. The molecule has 1 atom stereocenters. The fraction of sp³-hybridized carbons (Fsp3) is 0.750. The predicted octanol–water partition coefficient (Wildman–Crippen LogP) is 2.25. The standard InChI is InChI=1S/C8H15NO2/c1-6(2)5-8(7(3)4)9(10)11/h7-8H,1,5H2,2-4H3. The SMILES string of the molecule is C=C(C)CC(C(C)C)[N+](=O)[O-]. The molecule has 0 bridgehead atoms. The number of hydrogen-bond acceptors (Lipinski definition) is 2. The summed E-state index contributed by atoms with van der Waals surface area (Å²) in [6.45, 7) is 9.19. The summed E-state index contributed by atoms with van der Waals surface area (Å²) in [7, 11) is 0. The fourth-order valence-electron chi connectivity index (χ4n) is 0.911. The van der Waals surface area contributed by atoms with Crippen molar-refractivity contribution in [1.82, 2.24) is 0 Å². The van der Waals surface area contributed by atoms with Crippen LogP contribution in [0.25, 0.3) is 0 Å². The van der Waals surface area contributed by atoms with Crippen LogP contribution in [0.2, 0.25) is 0 Å². The molecule has 0 amide bonds. The molecular weight excluding hydrogens is 142 g/mol. The fourth-order valence-corrected chi connectivity index (χ4v) is 0.911. The van der Waals surface area contributed by atoms with Crippen molar-refractivity contribution < 1.29 is 4.92 Å². The van der Waals surface area contributed by atoms with Crippen molar-refractivity contribution in [3.8, 4) is 0 Å². The Morgan fingerprint density at radius 1 is 1.64 bits per heavy atom. The van der Waals surface area contributed by atoms with E-state index in [0.29, 0.717) is 6.42 Å². The Balaban J connectivity index is 4.12. The number of nitro groups is 1. The minimum Gasteiger partial charge on any atom is -0.264 e. The molecule has 0 aromatic heterocycles. The first-order chi connectivity index (χ1) is 4.95. The Morgan fingerprint density at radius 2 is 2.09 bits per heavy atom. The summed E-state index contributed by atoms with van der Waals surface area (Å²) in [5, 5.41) is 10.4. The molecule has 0 heterocycles. The first-order valence-electron chi connectivity index (χ1n) is 3.73. The lowest BCUT2D eigenvalue weighted by Crippen LogP contribution is -2.25. The van der Waals surface area contributed by atoms with Crippen LogP contribution in [0, 0.1) is 16.0 Å². The average molecular weight is 157 g/mol. The zero-order valence-electron chi connectivity index (χ0n) is 7.33. The molecule has 0 aliphatic carbocycles. The molecule has 0 aromatic rings. The van der Waals surface area contributed by atoms with Gasteiger partial charge < -0.3 is 0 Å². The lowest BCUT2D eigenvalue weighted by Gasteiger charge is -2.11. The van der Waals surface area contributed by atoms with Gasteiger partial charge >= 0.3 is 0 Å². The minimum absolute atomic E-state index is 0.0849. The van der Waals surface area contributed by atoms with Crippen molar-refractivity contribution in [3.05, 3.63) is 22.3 Å². The molecule has 0 radical (unpaired) electrons. The van der Waals surface area contributed by atoms with Gasteiger partial charge in [-0.05, 0) is 6.92 Å². The molecule has 0 rings (SSSR count). The average Bonchev–Trinajstić information content (AvgIpc) is 1.81. The predicted molar refractivity (Wildman–Crippen MR) is 45.1 cm³/mol. The lowest BCUT2D eigenvalue weighted by molar-refractivity contribution is -0.530. The van der Waals surface area contributed by atoms with Gasteiger partial charge in [-0.15, -0.1) is 0 Å². The summed E-state index contributed by atoms with van der Waals surface area (Å²) in [5.74, 6) is 0.0849. The van der Waals surface area contributed by atoms with Gasteiger partial charge in [-0.3, -0.25) is 10.1 Å². The van der Waals surface area contributed by atoms with Crippen LogP contribution in [0.5, 0.6) is 0 Å². The van der Waals surface area contributed by atoms with Crippen LogP contribution < -0.4 is 0 Å². The van der Waals surface area contributed by atoms with Crippen molar-refractivity contribution in [2.24, 2.45) is 5.92 Å². The molecule has 0 aliphatic heterocycles. The maximum Gasteiger partial charge on any atom is 0.219 e. The normalized spacial score (nSPS) is 13.1. The zero-order valence-corrected chi connectivity index (χ0v) is 7.33. The molecule has 3 nitrogen and oxygen atoms in total. The van der Waals surface area contributed by atoms with Gasteiger partial charge in [0.05, 0.1) is 0 Å². The van der Waals surface area contributed by atoms with E-state index in [4.69, 9.17) is 0 Å². The molecule has 0 saturated heterocycles. The Kier molecular flexibility index (Phi) is 3.79. The maximum atomic E-state index is 10.4. The Labute approximate surface area is 67.3 Å². The van der Waals surface area contributed by atoms with E-state index in [1.807, 2.05) is 20.8 Å². The van der Waals surface area contributed by atoms with Crippen LogP contribution in [0.3, 0.4) is 0 Å². The van der Waals surface area contributed by atoms with Crippen LogP contribution in [0.4, 0.5) is 0 Å². The third-order valence-electron chi connectivity index (χ3n) is 1.60. The molecule has 3 heteroatoms.